The summed E-state index contributed by atoms with van der Waals surface area (Å²) in [5.74, 6) is -1.13. The molecule has 21 heavy (non-hydrogen) atoms. The van der Waals surface area contributed by atoms with Crippen molar-refractivity contribution in [1.29, 1.82) is 0 Å². The molecule has 1 unspecified atom stereocenters. The second-order valence-corrected chi connectivity index (χ2v) is 6.30. The van der Waals surface area contributed by atoms with Gasteiger partial charge in [0.2, 0.25) is 0 Å². The molecule has 2 aromatic rings. The fraction of sp³-hybridized carbons (Fsp3) is 0.375. The van der Waals surface area contributed by atoms with Crippen molar-refractivity contribution in [3.05, 3.63) is 40.9 Å². The highest BCUT2D eigenvalue weighted by Crippen LogP contribution is 2.24. The molecule has 0 spiro atoms. The minimum atomic E-state index is -0.763. The van der Waals surface area contributed by atoms with Gasteiger partial charge in [-0.05, 0) is 14.0 Å². The molecule has 1 N–H and O–H groups in total. The standard InChI is InChI=1S/C16H20N2O2S/c1-11-4-6-13(7-5-11)15-17-14(10-21-15)9-18(3)8-12(2)16(19)20/h4-7,10,12H,8-9H2,1-3H3,(H,19,20). The number of carboxylic acid groups (broad SMARTS) is 1. The van der Waals surface area contributed by atoms with Gasteiger partial charge in [-0.25, -0.2) is 4.98 Å². The lowest BCUT2D eigenvalue weighted by molar-refractivity contribution is -0.141. The Morgan fingerprint density at radius 3 is 2.67 bits per heavy atom. The lowest BCUT2D eigenvalue weighted by Crippen LogP contribution is -2.28. The molecule has 1 aromatic carbocycles. The second kappa shape index (κ2) is 6.83. The van der Waals surface area contributed by atoms with Crippen LogP contribution in [0.5, 0.6) is 0 Å². The van der Waals surface area contributed by atoms with E-state index in [9.17, 15) is 4.79 Å². The molecule has 1 atom stereocenters. The Hall–Kier alpha value is -1.72. The fourth-order valence-corrected chi connectivity index (χ4v) is 2.91. The van der Waals surface area contributed by atoms with Crippen molar-refractivity contribution < 1.29 is 9.90 Å². The van der Waals surface area contributed by atoms with Crippen LogP contribution in [-0.4, -0.2) is 34.6 Å². The number of nitrogens with zero attached hydrogens (tertiary/aromatic N) is 2. The number of aromatic nitrogens is 1. The zero-order chi connectivity index (χ0) is 15.4. The number of thiazole rings is 1. The topological polar surface area (TPSA) is 53.4 Å². The number of benzene rings is 1. The van der Waals surface area contributed by atoms with Crippen molar-refractivity contribution in [2.75, 3.05) is 13.6 Å². The van der Waals surface area contributed by atoms with Crippen LogP contribution in [0.2, 0.25) is 0 Å². The molecule has 0 radical (unpaired) electrons. The zero-order valence-corrected chi connectivity index (χ0v) is 13.4. The zero-order valence-electron chi connectivity index (χ0n) is 12.5. The van der Waals surface area contributed by atoms with E-state index in [1.807, 2.05) is 17.3 Å². The average molecular weight is 304 g/mol. The van der Waals surface area contributed by atoms with Gasteiger partial charge < -0.3 is 5.11 Å². The maximum absolute atomic E-state index is 10.9. The largest absolute Gasteiger partial charge is 0.481 e. The van der Waals surface area contributed by atoms with E-state index in [1.165, 1.54) is 5.56 Å². The number of aryl methyl sites for hydroxylation is 1. The normalized spacial score (nSPS) is 12.6. The quantitative estimate of drug-likeness (QED) is 0.890. The summed E-state index contributed by atoms with van der Waals surface area (Å²) < 4.78 is 0. The summed E-state index contributed by atoms with van der Waals surface area (Å²) >= 11 is 1.62. The number of rotatable bonds is 6. The molecule has 0 saturated heterocycles. The maximum Gasteiger partial charge on any atom is 0.307 e. The van der Waals surface area contributed by atoms with Crippen LogP contribution < -0.4 is 0 Å². The molecule has 1 aromatic heterocycles. The Labute approximate surface area is 129 Å². The molecule has 0 aliphatic carbocycles. The van der Waals surface area contributed by atoms with Gasteiger partial charge in [0.15, 0.2) is 0 Å². The summed E-state index contributed by atoms with van der Waals surface area (Å²) in [7, 11) is 1.92. The van der Waals surface area contributed by atoms with Gasteiger partial charge in [-0.3, -0.25) is 9.69 Å². The number of carboxylic acids is 1. The van der Waals surface area contributed by atoms with Gasteiger partial charge in [0.1, 0.15) is 5.01 Å². The molecule has 0 amide bonds. The highest BCUT2D eigenvalue weighted by molar-refractivity contribution is 7.13. The van der Waals surface area contributed by atoms with Crippen LogP contribution >= 0.6 is 11.3 Å². The summed E-state index contributed by atoms with van der Waals surface area (Å²) in [4.78, 5) is 17.5. The number of carbonyl (C=O) groups is 1. The van der Waals surface area contributed by atoms with Crippen molar-refractivity contribution >= 4 is 17.3 Å². The third-order valence-corrected chi connectivity index (χ3v) is 4.23. The smallest absolute Gasteiger partial charge is 0.307 e. The molecule has 0 aliphatic rings. The Morgan fingerprint density at radius 2 is 2.05 bits per heavy atom. The summed E-state index contributed by atoms with van der Waals surface area (Å²) in [6, 6.07) is 8.32. The van der Waals surface area contributed by atoms with Crippen molar-refractivity contribution in [1.82, 2.24) is 9.88 Å². The van der Waals surface area contributed by atoms with Gasteiger partial charge in [-0.1, -0.05) is 36.8 Å². The molecule has 112 valence electrons. The lowest BCUT2D eigenvalue weighted by Gasteiger charge is -2.17. The molecule has 5 heteroatoms. The van der Waals surface area contributed by atoms with Gasteiger partial charge in [-0.15, -0.1) is 11.3 Å². The van der Waals surface area contributed by atoms with E-state index in [1.54, 1.807) is 18.3 Å². The predicted octanol–water partition coefficient (Wildman–Crippen LogP) is 3.27. The molecular weight excluding hydrogens is 284 g/mol. The Bertz CT molecular complexity index is 607. The highest BCUT2D eigenvalue weighted by Gasteiger charge is 2.14. The predicted molar refractivity (Wildman–Crippen MR) is 85.4 cm³/mol. The van der Waals surface area contributed by atoms with Gasteiger partial charge in [-0.2, -0.15) is 0 Å². The van der Waals surface area contributed by atoms with Crippen LogP contribution in [0.25, 0.3) is 10.6 Å². The summed E-state index contributed by atoms with van der Waals surface area (Å²) in [6.45, 7) is 4.97. The van der Waals surface area contributed by atoms with Gasteiger partial charge in [0, 0.05) is 24.0 Å². The third kappa shape index (κ3) is 4.37. The minimum Gasteiger partial charge on any atom is -0.481 e. The van der Waals surface area contributed by atoms with E-state index in [-0.39, 0.29) is 5.92 Å². The monoisotopic (exact) mass is 304 g/mol. The van der Waals surface area contributed by atoms with Crippen LogP contribution in [-0.2, 0) is 11.3 Å². The molecular formula is C16H20N2O2S. The van der Waals surface area contributed by atoms with Crippen molar-refractivity contribution in [2.24, 2.45) is 5.92 Å². The van der Waals surface area contributed by atoms with Crippen LogP contribution in [0.3, 0.4) is 0 Å². The Morgan fingerprint density at radius 1 is 1.38 bits per heavy atom. The first-order valence-electron chi connectivity index (χ1n) is 6.88. The van der Waals surface area contributed by atoms with E-state index in [2.05, 4.69) is 36.2 Å². The Balaban J connectivity index is 2.00. The van der Waals surface area contributed by atoms with Crippen molar-refractivity contribution in [2.45, 2.75) is 20.4 Å². The fourth-order valence-electron chi connectivity index (χ4n) is 2.10. The second-order valence-electron chi connectivity index (χ2n) is 5.45. The number of hydrogen-bond donors (Lipinski definition) is 1. The van der Waals surface area contributed by atoms with Crippen LogP contribution in [0.1, 0.15) is 18.2 Å². The van der Waals surface area contributed by atoms with Gasteiger partial charge in [0.05, 0.1) is 11.6 Å². The first-order valence-corrected chi connectivity index (χ1v) is 7.76. The number of aliphatic carboxylic acids is 1. The lowest BCUT2D eigenvalue weighted by atomic mass is 10.1. The molecule has 1 heterocycles. The Kier molecular flexibility index (Phi) is 5.09. The van der Waals surface area contributed by atoms with Crippen LogP contribution in [0.15, 0.2) is 29.6 Å². The van der Waals surface area contributed by atoms with Crippen LogP contribution in [0, 0.1) is 12.8 Å². The summed E-state index contributed by atoms with van der Waals surface area (Å²) in [5, 5.41) is 12.0. The van der Waals surface area contributed by atoms with Gasteiger partial charge >= 0.3 is 5.97 Å². The average Bonchev–Trinajstić information content (AvgIpc) is 2.87. The summed E-state index contributed by atoms with van der Waals surface area (Å²) in [5.41, 5.74) is 3.34. The van der Waals surface area contributed by atoms with Crippen molar-refractivity contribution in [3.63, 3.8) is 0 Å². The van der Waals surface area contributed by atoms with Crippen molar-refractivity contribution in [3.8, 4) is 10.6 Å². The highest BCUT2D eigenvalue weighted by atomic mass is 32.1. The van der Waals surface area contributed by atoms with E-state index < -0.39 is 5.97 Å². The third-order valence-electron chi connectivity index (χ3n) is 3.29. The first kappa shape index (κ1) is 15.7. The SMILES string of the molecule is Cc1ccc(-c2nc(CN(C)CC(C)C(=O)O)cs2)cc1. The number of hydrogen-bond acceptors (Lipinski definition) is 4. The van der Waals surface area contributed by atoms with E-state index in [4.69, 9.17) is 5.11 Å². The molecule has 0 fully saturated rings. The minimum absolute atomic E-state index is 0.370. The van der Waals surface area contributed by atoms with E-state index in [0.717, 1.165) is 16.3 Å². The maximum atomic E-state index is 10.9. The first-order chi connectivity index (χ1) is 9.95. The van der Waals surface area contributed by atoms with Gasteiger partial charge in [0.25, 0.3) is 0 Å². The summed E-state index contributed by atoms with van der Waals surface area (Å²) in [6.07, 6.45) is 0. The molecule has 0 bridgehead atoms. The molecule has 0 saturated carbocycles. The van der Waals surface area contributed by atoms with Crippen LogP contribution in [0.4, 0.5) is 0 Å². The molecule has 0 aliphatic heterocycles. The molecule has 2 rings (SSSR count). The van der Waals surface area contributed by atoms with E-state index >= 15 is 0 Å². The molecule has 4 nitrogen and oxygen atoms in total. The van der Waals surface area contributed by atoms with E-state index in [0.29, 0.717) is 13.1 Å².